The number of sulfone groups is 1. The molecule has 10 heteroatoms. The van der Waals surface area contributed by atoms with E-state index < -0.39 is 15.3 Å². The van der Waals surface area contributed by atoms with Gasteiger partial charge in [-0.25, -0.2) is 22.2 Å². The summed E-state index contributed by atoms with van der Waals surface area (Å²) in [5.41, 5.74) is 4.44. The molecule has 1 saturated heterocycles. The molecule has 0 spiro atoms. The Morgan fingerprint density at radius 1 is 1.05 bits per heavy atom. The standard InChI is InChI=1S/C27H24FN5O3S/c1-27(11-12-37(35,36)16-27)15-25(34)17-3-9-21-23(13-17)33(20-7-5-19(28)6-8-20)30-26(21)18-4-10-22-24(14-18)32(2)31-29-22/h3-10,13-14H,11-12,15-16H2,1-2H3. The van der Waals surface area contributed by atoms with Gasteiger partial charge in [0.15, 0.2) is 15.6 Å². The number of aromatic nitrogens is 5. The first-order valence-electron chi connectivity index (χ1n) is 11.9. The van der Waals surface area contributed by atoms with Crippen LogP contribution in [0, 0.1) is 11.2 Å². The highest BCUT2D eigenvalue weighted by Crippen LogP contribution is 2.37. The van der Waals surface area contributed by atoms with Gasteiger partial charge in [0, 0.05) is 30.0 Å². The molecule has 2 aromatic heterocycles. The van der Waals surface area contributed by atoms with Gasteiger partial charge in [-0.3, -0.25) is 4.79 Å². The largest absolute Gasteiger partial charge is 0.294 e. The maximum atomic E-state index is 13.7. The van der Waals surface area contributed by atoms with Crippen LogP contribution in [0.3, 0.4) is 0 Å². The van der Waals surface area contributed by atoms with Crippen LogP contribution in [-0.4, -0.2) is 50.5 Å². The zero-order valence-electron chi connectivity index (χ0n) is 20.3. The van der Waals surface area contributed by atoms with Gasteiger partial charge in [0.25, 0.3) is 0 Å². The second kappa shape index (κ2) is 8.31. The first-order valence-corrected chi connectivity index (χ1v) is 13.8. The SMILES string of the molecule is Cn1nnc2ccc(-c3nn(-c4ccc(F)cc4)c4cc(C(=O)CC5(C)CCS(=O)(=O)C5)ccc34)cc21. The van der Waals surface area contributed by atoms with E-state index in [9.17, 15) is 17.6 Å². The normalized spacial score (nSPS) is 19.1. The summed E-state index contributed by atoms with van der Waals surface area (Å²) in [5, 5.41) is 13.9. The van der Waals surface area contributed by atoms with Crippen molar-refractivity contribution < 1.29 is 17.6 Å². The fraction of sp³-hybridized carbons (Fsp3) is 0.259. The number of benzene rings is 3. The molecular weight excluding hydrogens is 493 g/mol. The minimum absolute atomic E-state index is 0.0248. The lowest BCUT2D eigenvalue weighted by atomic mass is 9.83. The predicted molar refractivity (Wildman–Crippen MR) is 139 cm³/mol. The summed E-state index contributed by atoms with van der Waals surface area (Å²) in [6.07, 6.45) is 0.631. The molecule has 0 bridgehead atoms. The minimum Gasteiger partial charge on any atom is -0.294 e. The smallest absolute Gasteiger partial charge is 0.163 e. The molecule has 1 fully saturated rings. The highest BCUT2D eigenvalue weighted by atomic mass is 32.2. The lowest BCUT2D eigenvalue weighted by Gasteiger charge is -2.20. The van der Waals surface area contributed by atoms with E-state index in [0.717, 1.165) is 22.0 Å². The van der Waals surface area contributed by atoms with Crippen molar-refractivity contribution >= 4 is 37.6 Å². The van der Waals surface area contributed by atoms with E-state index in [1.54, 1.807) is 33.6 Å². The van der Waals surface area contributed by atoms with E-state index in [4.69, 9.17) is 5.10 Å². The van der Waals surface area contributed by atoms with E-state index >= 15 is 0 Å². The molecular formula is C27H24FN5O3S. The van der Waals surface area contributed by atoms with Crippen molar-refractivity contribution in [2.24, 2.45) is 12.5 Å². The van der Waals surface area contributed by atoms with Crippen molar-refractivity contribution in [1.82, 2.24) is 24.8 Å². The lowest BCUT2D eigenvalue weighted by molar-refractivity contribution is 0.0934. The van der Waals surface area contributed by atoms with Crippen LogP contribution in [0.15, 0.2) is 60.7 Å². The maximum absolute atomic E-state index is 13.7. The van der Waals surface area contributed by atoms with Gasteiger partial charge in [-0.05, 0) is 60.4 Å². The maximum Gasteiger partial charge on any atom is 0.163 e. The van der Waals surface area contributed by atoms with Crippen molar-refractivity contribution in [3.63, 3.8) is 0 Å². The summed E-state index contributed by atoms with van der Waals surface area (Å²) in [5.74, 6) is -0.327. The molecule has 8 nitrogen and oxygen atoms in total. The fourth-order valence-corrected chi connectivity index (χ4v) is 7.42. The van der Waals surface area contributed by atoms with Gasteiger partial charge >= 0.3 is 0 Å². The highest BCUT2D eigenvalue weighted by Gasteiger charge is 2.40. The van der Waals surface area contributed by atoms with E-state index in [1.807, 2.05) is 38.2 Å². The number of hydrogen-bond acceptors (Lipinski definition) is 6. The molecule has 0 radical (unpaired) electrons. The quantitative estimate of drug-likeness (QED) is 0.318. The van der Waals surface area contributed by atoms with Gasteiger partial charge in [-0.2, -0.15) is 5.10 Å². The van der Waals surface area contributed by atoms with E-state index in [2.05, 4.69) is 10.3 Å². The first-order chi connectivity index (χ1) is 17.6. The number of carbonyl (C=O) groups is 1. The summed E-state index contributed by atoms with van der Waals surface area (Å²) < 4.78 is 41.1. The van der Waals surface area contributed by atoms with Gasteiger partial charge in [0.1, 0.15) is 17.0 Å². The minimum atomic E-state index is -3.11. The Labute approximate surface area is 212 Å². The van der Waals surface area contributed by atoms with Crippen LogP contribution in [0.2, 0.25) is 0 Å². The molecule has 5 aromatic rings. The Balaban J connectivity index is 1.47. The molecule has 37 heavy (non-hydrogen) atoms. The van der Waals surface area contributed by atoms with Gasteiger partial charge in [0.2, 0.25) is 0 Å². The number of hydrogen-bond donors (Lipinski definition) is 0. The summed E-state index contributed by atoms with van der Waals surface area (Å²) >= 11 is 0. The average molecular weight is 518 g/mol. The van der Waals surface area contributed by atoms with Crippen molar-refractivity contribution in [3.8, 4) is 16.9 Å². The number of fused-ring (bicyclic) bond motifs is 2. The zero-order chi connectivity index (χ0) is 25.9. The number of aryl methyl sites for hydroxylation is 1. The third-order valence-corrected chi connectivity index (χ3v) is 9.09. The Morgan fingerprint density at radius 3 is 2.57 bits per heavy atom. The van der Waals surface area contributed by atoms with Crippen LogP contribution < -0.4 is 0 Å². The molecule has 1 unspecified atom stereocenters. The Bertz CT molecular complexity index is 1810. The number of rotatable bonds is 5. The first kappa shape index (κ1) is 23.5. The van der Waals surface area contributed by atoms with Crippen LogP contribution in [0.5, 0.6) is 0 Å². The van der Waals surface area contributed by atoms with Crippen LogP contribution in [0.1, 0.15) is 30.1 Å². The van der Waals surface area contributed by atoms with Gasteiger partial charge in [-0.15, -0.1) is 5.10 Å². The van der Waals surface area contributed by atoms with Crippen LogP contribution >= 0.6 is 0 Å². The van der Waals surface area contributed by atoms with E-state index in [-0.39, 0.29) is 29.5 Å². The molecule has 1 aliphatic rings. The lowest BCUT2D eigenvalue weighted by Crippen LogP contribution is -2.22. The van der Waals surface area contributed by atoms with Crippen molar-refractivity contribution in [3.05, 3.63) is 72.0 Å². The van der Waals surface area contributed by atoms with E-state index in [0.29, 0.717) is 28.9 Å². The molecule has 0 aliphatic carbocycles. The third-order valence-electron chi connectivity index (χ3n) is 7.13. The number of nitrogens with zero attached hydrogens (tertiary/aromatic N) is 5. The molecule has 3 heterocycles. The van der Waals surface area contributed by atoms with Gasteiger partial charge < -0.3 is 0 Å². The Kier molecular flexibility index (Phi) is 5.27. The van der Waals surface area contributed by atoms with Gasteiger partial charge in [0.05, 0.1) is 28.2 Å². The number of carbonyl (C=O) groups excluding carboxylic acids is 1. The van der Waals surface area contributed by atoms with Crippen molar-refractivity contribution in [1.29, 1.82) is 0 Å². The third kappa shape index (κ3) is 4.21. The number of ketones is 1. The summed E-state index contributed by atoms with van der Waals surface area (Å²) in [6.45, 7) is 1.86. The van der Waals surface area contributed by atoms with Crippen molar-refractivity contribution in [2.45, 2.75) is 19.8 Å². The monoisotopic (exact) mass is 517 g/mol. The topological polar surface area (TPSA) is 99.7 Å². The Morgan fingerprint density at radius 2 is 1.84 bits per heavy atom. The molecule has 188 valence electrons. The predicted octanol–water partition coefficient (Wildman–Crippen LogP) is 4.51. The molecule has 0 amide bonds. The fourth-order valence-electron chi connectivity index (χ4n) is 5.16. The van der Waals surface area contributed by atoms with Crippen LogP contribution in [0.25, 0.3) is 38.9 Å². The van der Waals surface area contributed by atoms with Crippen LogP contribution in [-0.2, 0) is 16.9 Å². The van der Waals surface area contributed by atoms with Crippen molar-refractivity contribution in [2.75, 3.05) is 11.5 Å². The zero-order valence-corrected chi connectivity index (χ0v) is 21.2. The number of halogens is 1. The average Bonchev–Trinajstić information content (AvgIpc) is 3.51. The second-order valence-electron chi connectivity index (χ2n) is 10.1. The van der Waals surface area contributed by atoms with E-state index in [1.165, 1.54) is 12.1 Å². The summed E-state index contributed by atoms with van der Waals surface area (Å²) in [7, 11) is -1.29. The summed E-state index contributed by atoms with van der Waals surface area (Å²) in [4.78, 5) is 13.3. The number of Topliss-reactive ketones (excluding diaryl/α,β-unsaturated/α-hetero) is 1. The molecule has 3 aromatic carbocycles. The van der Waals surface area contributed by atoms with Crippen LogP contribution in [0.4, 0.5) is 4.39 Å². The van der Waals surface area contributed by atoms with Gasteiger partial charge in [-0.1, -0.05) is 24.3 Å². The molecule has 0 saturated carbocycles. The summed E-state index contributed by atoms with van der Waals surface area (Å²) in [6, 6.07) is 17.2. The Hall–Kier alpha value is -3.92. The second-order valence-corrected chi connectivity index (χ2v) is 12.3. The molecule has 1 aliphatic heterocycles. The molecule has 1 atom stereocenters. The molecule has 6 rings (SSSR count). The highest BCUT2D eigenvalue weighted by molar-refractivity contribution is 7.91. The molecule has 0 N–H and O–H groups in total.